The van der Waals surface area contributed by atoms with E-state index in [0.717, 1.165) is 11.1 Å². The third-order valence-electron chi connectivity index (χ3n) is 6.48. The van der Waals surface area contributed by atoms with Crippen LogP contribution in [0.15, 0.2) is 60.7 Å². The van der Waals surface area contributed by atoms with Gasteiger partial charge in [0.25, 0.3) is 0 Å². The Hall–Kier alpha value is -3.68. The molecule has 4 N–H and O–H groups in total. The van der Waals surface area contributed by atoms with Crippen LogP contribution in [0, 0.1) is 10.8 Å². The van der Waals surface area contributed by atoms with Gasteiger partial charge in [0.15, 0.2) is 0 Å². The summed E-state index contributed by atoms with van der Waals surface area (Å²) in [6.07, 6.45) is 3.21. The van der Waals surface area contributed by atoms with Crippen LogP contribution in [0.25, 0.3) is 0 Å². The topological polar surface area (TPSA) is 133 Å². The zero-order chi connectivity index (χ0) is 26.6. The lowest BCUT2D eigenvalue weighted by Gasteiger charge is -2.31. The number of rotatable bonds is 15. The van der Waals surface area contributed by atoms with Crippen molar-refractivity contribution < 1.29 is 29.4 Å². The van der Waals surface area contributed by atoms with Crippen LogP contribution in [0.5, 0.6) is 0 Å². The summed E-state index contributed by atoms with van der Waals surface area (Å²) in [6.45, 7) is 2.78. The second kappa shape index (κ2) is 13.4. The molecular formula is C28H36N2O6. The van der Waals surface area contributed by atoms with E-state index in [4.69, 9.17) is 10.2 Å². The number of aliphatic carboxylic acids is 2. The van der Waals surface area contributed by atoms with Gasteiger partial charge in [-0.1, -0.05) is 87.4 Å². The van der Waals surface area contributed by atoms with Gasteiger partial charge in [0, 0.05) is 0 Å². The summed E-state index contributed by atoms with van der Waals surface area (Å²) in [5.74, 6) is -2.84. The minimum absolute atomic E-state index is 0.319. The van der Waals surface area contributed by atoms with Crippen LogP contribution in [0.4, 0.5) is 0 Å². The maximum Gasteiger partial charge on any atom is 0.322 e. The molecule has 8 heteroatoms. The summed E-state index contributed by atoms with van der Waals surface area (Å²) in [6, 6.07) is 19.1. The van der Waals surface area contributed by atoms with Crippen molar-refractivity contribution in [3.8, 4) is 0 Å². The quantitative estimate of drug-likeness (QED) is 0.279. The van der Waals surface area contributed by atoms with Gasteiger partial charge in [-0.15, -0.1) is 0 Å². The fourth-order valence-electron chi connectivity index (χ4n) is 4.43. The number of carboxylic acids is 2. The molecule has 2 atom stereocenters. The summed E-state index contributed by atoms with van der Waals surface area (Å²) in [4.78, 5) is 47.9. The Morgan fingerprint density at radius 2 is 0.972 bits per heavy atom. The number of amides is 2. The van der Waals surface area contributed by atoms with Gasteiger partial charge in [0.05, 0.1) is 10.8 Å². The average Bonchev–Trinajstić information content (AvgIpc) is 2.84. The number of hydrogen-bond acceptors (Lipinski definition) is 4. The fourth-order valence-corrected chi connectivity index (χ4v) is 4.43. The summed E-state index contributed by atoms with van der Waals surface area (Å²) in [5.41, 5.74) is 0.316. The minimum atomic E-state index is -1.10. The summed E-state index contributed by atoms with van der Waals surface area (Å²) in [5, 5.41) is 23.0. The first-order chi connectivity index (χ1) is 17.0. The Labute approximate surface area is 212 Å². The smallest absolute Gasteiger partial charge is 0.322 e. The molecule has 0 bridgehead atoms. The third kappa shape index (κ3) is 9.17. The van der Waals surface area contributed by atoms with E-state index in [1.165, 1.54) is 0 Å². The van der Waals surface area contributed by atoms with Gasteiger partial charge in [0.2, 0.25) is 11.8 Å². The molecule has 2 rings (SSSR count). The predicted molar refractivity (Wildman–Crippen MR) is 136 cm³/mol. The molecule has 2 aromatic carbocycles. The molecule has 0 heterocycles. The molecule has 2 aromatic rings. The van der Waals surface area contributed by atoms with E-state index in [2.05, 4.69) is 10.6 Å². The lowest BCUT2D eigenvalue weighted by molar-refractivity contribution is -0.140. The summed E-state index contributed by atoms with van der Waals surface area (Å²) >= 11 is 0. The second-order valence-electron chi connectivity index (χ2n) is 9.81. The number of nitrogens with one attached hydrogen (secondary N) is 2. The zero-order valence-electron chi connectivity index (χ0n) is 21.0. The molecule has 0 radical (unpaired) electrons. The van der Waals surface area contributed by atoms with E-state index in [1.54, 1.807) is 0 Å². The van der Waals surface area contributed by atoms with Crippen molar-refractivity contribution in [1.82, 2.24) is 10.6 Å². The van der Waals surface area contributed by atoms with Gasteiger partial charge in [-0.2, -0.15) is 0 Å². The van der Waals surface area contributed by atoms with Crippen LogP contribution >= 0.6 is 0 Å². The molecule has 0 unspecified atom stereocenters. The Morgan fingerprint density at radius 1 is 0.639 bits per heavy atom. The van der Waals surface area contributed by atoms with E-state index in [-0.39, 0.29) is 11.8 Å². The Morgan fingerprint density at radius 3 is 1.28 bits per heavy atom. The van der Waals surface area contributed by atoms with E-state index < -0.39 is 35.9 Å². The molecule has 0 fully saturated rings. The van der Waals surface area contributed by atoms with Gasteiger partial charge >= 0.3 is 11.9 Å². The van der Waals surface area contributed by atoms with Crippen molar-refractivity contribution >= 4 is 23.8 Å². The molecule has 194 valence electrons. The molecular weight excluding hydrogens is 460 g/mol. The molecule has 0 saturated heterocycles. The van der Waals surface area contributed by atoms with Crippen LogP contribution in [0.3, 0.4) is 0 Å². The van der Waals surface area contributed by atoms with Gasteiger partial charge in [-0.3, -0.25) is 19.2 Å². The lowest BCUT2D eigenvalue weighted by Crippen LogP contribution is -2.43. The van der Waals surface area contributed by atoms with Gasteiger partial charge in [0.1, 0.15) is 13.1 Å². The van der Waals surface area contributed by atoms with Crippen molar-refractivity contribution in [3.05, 3.63) is 71.8 Å². The monoisotopic (exact) mass is 496 g/mol. The number of carboxylic acid groups (broad SMARTS) is 2. The lowest BCUT2D eigenvalue weighted by atomic mass is 9.75. The van der Waals surface area contributed by atoms with E-state index >= 15 is 0 Å². The summed E-state index contributed by atoms with van der Waals surface area (Å²) in [7, 11) is 0. The predicted octanol–water partition coefficient (Wildman–Crippen LogP) is 3.45. The normalized spacial score (nSPS) is 14.2. The van der Waals surface area contributed by atoms with Crippen molar-refractivity contribution in [2.45, 2.75) is 52.4 Å². The Bertz CT molecular complexity index is 943. The highest BCUT2D eigenvalue weighted by atomic mass is 16.4. The molecule has 8 nitrogen and oxygen atoms in total. The van der Waals surface area contributed by atoms with E-state index in [0.29, 0.717) is 38.5 Å². The summed E-state index contributed by atoms with van der Waals surface area (Å²) < 4.78 is 0. The third-order valence-corrected chi connectivity index (χ3v) is 6.48. The number of hydrogen-bond donors (Lipinski definition) is 4. The van der Waals surface area contributed by atoms with E-state index in [9.17, 15) is 19.2 Å². The van der Waals surface area contributed by atoms with Crippen LogP contribution in [-0.4, -0.2) is 47.1 Å². The minimum Gasteiger partial charge on any atom is -0.480 e. The molecule has 36 heavy (non-hydrogen) atoms. The highest BCUT2D eigenvalue weighted by Gasteiger charge is 2.35. The van der Waals surface area contributed by atoms with Crippen LogP contribution in [0.2, 0.25) is 0 Å². The first kappa shape index (κ1) is 28.6. The zero-order valence-corrected chi connectivity index (χ0v) is 21.0. The standard InChI is InChI=1S/C28H36N2O6/c1-27(25(35)29-19-23(31)32,17-21-11-5-3-6-12-21)15-9-10-16-28(2,26(36)30-20-24(33)34)18-22-13-7-4-8-14-22/h3-8,11-14H,9-10,15-20H2,1-2H3,(H,29,35)(H,30,36)(H,31,32)(H,33,34)/t27-,28-/m1/s1. The SMILES string of the molecule is C[C@@](CCCC[C@](C)(Cc1ccccc1)C(=O)NCC(=O)O)(Cc1ccccc1)C(=O)NCC(=O)O. The molecule has 0 aromatic heterocycles. The average molecular weight is 497 g/mol. The molecule has 0 saturated carbocycles. The maximum atomic E-state index is 13.0. The molecule has 0 aliphatic carbocycles. The fraction of sp³-hybridized carbons (Fsp3) is 0.429. The van der Waals surface area contributed by atoms with Crippen molar-refractivity contribution in [2.24, 2.45) is 10.8 Å². The Balaban J connectivity index is 2.10. The van der Waals surface area contributed by atoms with Crippen LogP contribution in [0.1, 0.15) is 50.7 Å². The maximum absolute atomic E-state index is 13.0. The van der Waals surface area contributed by atoms with Crippen molar-refractivity contribution in [1.29, 1.82) is 0 Å². The first-order valence-corrected chi connectivity index (χ1v) is 12.1. The van der Waals surface area contributed by atoms with Gasteiger partial charge in [-0.05, 0) is 36.8 Å². The molecule has 0 aliphatic rings. The number of carbonyl (C=O) groups excluding carboxylic acids is 2. The van der Waals surface area contributed by atoms with Gasteiger partial charge < -0.3 is 20.8 Å². The highest BCUT2D eigenvalue weighted by Crippen LogP contribution is 2.34. The number of unbranched alkanes of at least 4 members (excludes halogenated alkanes) is 1. The van der Waals surface area contributed by atoms with Crippen molar-refractivity contribution in [3.63, 3.8) is 0 Å². The van der Waals surface area contributed by atoms with E-state index in [1.807, 2.05) is 74.5 Å². The number of carbonyl (C=O) groups is 4. The Kier molecular flexibility index (Phi) is 10.6. The van der Waals surface area contributed by atoms with Crippen molar-refractivity contribution in [2.75, 3.05) is 13.1 Å². The molecule has 2 amide bonds. The number of benzene rings is 2. The molecule has 0 aliphatic heterocycles. The second-order valence-corrected chi connectivity index (χ2v) is 9.81. The van der Waals surface area contributed by atoms with Crippen LogP contribution in [-0.2, 0) is 32.0 Å². The van der Waals surface area contributed by atoms with Gasteiger partial charge in [-0.25, -0.2) is 0 Å². The van der Waals surface area contributed by atoms with Crippen LogP contribution < -0.4 is 10.6 Å². The highest BCUT2D eigenvalue weighted by molar-refractivity contribution is 5.86. The first-order valence-electron chi connectivity index (χ1n) is 12.1. The molecule has 0 spiro atoms. The largest absolute Gasteiger partial charge is 0.480 e.